The fraction of sp³-hybridized carbons (Fsp3) is 1.00. The zero-order valence-electron chi connectivity index (χ0n) is 11.7. The number of rotatable bonds is 1. The summed E-state index contributed by atoms with van der Waals surface area (Å²) in [4.78, 5) is 2.68. The quantitative estimate of drug-likeness (QED) is 0.759. The van der Waals surface area contributed by atoms with Crippen molar-refractivity contribution in [3.8, 4) is 0 Å². The molecule has 0 aliphatic carbocycles. The molecule has 0 amide bonds. The number of hydrogen-bond donors (Lipinski definition) is 1. The lowest BCUT2D eigenvalue weighted by Crippen LogP contribution is -2.55. The van der Waals surface area contributed by atoms with Crippen LogP contribution < -0.4 is 5.32 Å². The van der Waals surface area contributed by atoms with E-state index in [1.165, 1.54) is 38.8 Å². The molecule has 0 aromatic rings. The molecule has 1 N–H and O–H groups in total. The minimum Gasteiger partial charge on any atom is -0.380 e. The fourth-order valence-corrected chi connectivity index (χ4v) is 3.17. The standard InChI is InChI=1S/C14H28N2O/c1-12-5-8-16(9-6-13(2)15-12)14(3)7-4-10-17-11-14/h12-13,15H,4-11H2,1-3H3. The molecule has 2 heterocycles. The van der Waals surface area contributed by atoms with Crippen molar-refractivity contribution >= 4 is 0 Å². The van der Waals surface area contributed by atoms with Gasteiger partial charge in [-0.2, -0.15) is 0 Å². The molecule has 2 aliphatic heterocycles. The zero-order valence-corrected chi connectivity index (χ0v) is 11.7. The van der Waals surface area contributed by atoms with Crippen molar-refractivity contribution in [1.82, 2.24) is 10.2 Å². The molecule has 3 unspecified atom stereocenters. The second-order valence-corrected chi connectivity index (χ2v) is 6.19. The van der Waals surface area contributed by atoms with Gasteiger partial charge in [0.05, 0.1) is 6.61 Å². The molecule has 2 saturated heterocycles. The first-order chi connectivity index (χ1) is 8.10. The molecule has 3 heteroatoms. The number of ether oxygens (including phenoxy) is 1. The molecule has 0 spiro atoms. The van der Waals surface area contributed by atoms with E-state index < -0.39 is 0 Å². The van der Waals surface area contributed by atoms with Crippen LogP contribution in [0, 0.1) is 0 Å². The Labute approximate surface area is 106 Å². The van der Waals surface area contributed by atoms with Gasteiger partial charge in [0.15, 0.2) is 0 Å². The second-order valence-electron chi connectivity index (χ2n) is 6.19. The molecule has 0 radical (unpaired) electrons. The Morgan fingerprint density at radius 3 is 2.35 bits per heavy atom. The molecule has 0 bridgehead atoms. The third-order valence-electron chi connectivity index (χ3n) is 4.41. The van der Waals surface area contributed by atoms with Crippen LogP contribution in [0.2, 0.25) is 0 Å². The van der Waals surface area contributed by atoms with Gasteiger partial charge < -0.3 is 10.1 Å². The van der Waals surface area contributed by atoms with Crippen LogP contribution in [-0.2, 0) is 4.74 Å². The van der Waals surface area contributed by atoms with Crippen LogP contribution in [0.4, 0.5) is 0 Å². The Morgan fingerprint density at radius 2 is 1.82 bits per heavy atom. The van der Waals surface area contributed by atoms with Crippen LogP contribution in [0.1, 0.15) is 46.5 Å². The molecule has 2 fully saturated rings. The third-order valence-corrected chi connectivity index (χ3v) is 4.41. The van der Waals surface area contributed by atoms with Gasteiger partial charge in [-0.3, -0.25) is 4.90 Å². The smallest absolute Gasteiger partial charge is 0.0647 e. The van der Waals surface area contributed by atoms with Gasteiger partial charge in [-0.1, -0.05) is 0 Å². The van der Waals surface area contributed by atoms with Crippen LogP contribution in [-0.4, -0.2) is 48.8 Å². The Morgan fingerprint density at radius 1 is 1.18 bits per heavy atom. The highest BCUT2D eigenvalue weighted by atomic mass is 16.5. The second kappa shape index (κ2) is 5.68. The number of nitrogens with one attached hydrogen (secondary N) is 1. The lowest BCUT2D eigenvalue weighted by Gasteiger charge is -2.45. The van der Waals surface area contributed by atoms with Crippen molar-refractivity contribution in [1.29, 1.82) is 0 Å². The van der Waals surface area contributed by atoms with Crippen LogP contribution in [0.25, 0.3) is 0 Å². The normalized spacial score (nSPS) is 41.8. The molecular formula is C14H28N2O. The van der Waals surface area contributed by atoms with Gasteiger partial charge in [-0.15, -0.1) is 0 Å². The maximum Gasteiger partial charge on any atom is 0.0647 e. The molecule has 0 aromatic carbocycles. The molecule has 2 aliphatic rings. The Bertz CT molecular complexity index is 226. The highest BCUT2D eigenvalue weighted by molar-refractivity contribution is 4.90. The van der Waals surface area contributed by atoms with Gasteiger partial charge in [0.2, 0.25) is 0 Å². The number of nitrogens with zero attached hydrogens (tertiary/aromatic N) is 1. The molecule has 3 nitrogen and oxygen atoms in total. The minimum atomic E-state index is 0.287. The van der Waals surface area contributed by atoms with Crippen molar-refractivity contribution in [3.05, 3.63) is 0 Å². The summed E-state index contributed by atoms with van der Waals surface area (Å²) in [7, 11) is 0. The van der Waals surface area contributed by atoms with Crippen LogP contribution in [0.3, 0.4) is 0 Å². The maximum absolute atomic E-state index is 5.71. The topological polar surface area (TPSA) is 24.5 Å². The van der Waals surface area contributed by atoms with Crippen molar-refractivity contribution in [2.45, 2.75) is 64.1 Å². The molecule has 17 heavy (non-hydrogen) atoms. The average Bonchev–Trinajstić information content (AvgIpc) is 2.27. The van der Waals surface area contributed by atoms with E-state index in [1.807, 2.05) is 0 Å². The maximum atomic E-state index is 5.71. The summed E-state index contributed by atoms with van der Waals surface area (Å²) in [5.74, 6) is 0. The molecule has 2 rings (SSSR count). The van der Waals surface area contributed by atoms with Gasteiger partial charge >= 0.3 is 0 Å². The highest BCUT2D eigenvalue weighted by Crippen LogP contribution is 2.27. The summed E-state index contributed by atoms with van der Waals surface area (Å²) >= 11 is 0. The first kappa shape index (κ1) is 13.3. The lowest BCUT2D eigenvalue weighted by molar-refractivity contribution is -0.0442. The molecular weight excluding hydrogens is 212 g/mol. The van der Waals surface area contributed by atoms with E-state index in [0.29, 0.717) is 12.1 Å². The molecule has 0 aromatic heterocycles. The first-order valence-corrected chi connectivity index (χ1v) is 7.19. The summed E-state index contributed by atoms with van der Waals surface area (Å²) in [6.45, 7) is 11.3. The predicted molar refractivity (Wildman–Crippen MR) is 71.3 cm³/mol. The van der Waals surface area contributed by atoms with Gasteiger partial charge in [0.1, 0.15) is 0 Å². The van der Waals surface area contributed by atoms with Gasteiger partial charge in [0.25, 0.3) is 0 Å². The summed E-state index contributed by atoms with van der Waals surface area (Å²) in [5, 5.41) is 3.66. The fourth-order valence-electron chi connectivity index (χ4n) is 3.17. The van der Waals surface area contributed by atoms with Gasteiger partial charge in [-0.05, 0) is 46.5 Å². The Balaban J connectivity index is 1.98. The van der Waals surface area contributed by atoms with Gasteiger partial charge in [-0.25, -0.2) is 0 Å². The van der Waals surface area contributed by atoms with E-state index in [-0.39, 0.29) is 5.54 Å². The average molecular weight is 240 g/mol. The highest BCUT2D eigenvalue weighted by Gasteiger charge is 2.34. The van der Waals surface area contributed by atoms with Crippen molar-refractivity contribution in [2.24, 2.45) is 0 Å². The van der Waals surface area contributed by atoms with E-state index in [4.69, 9.17) is 4.74 Å². The van der Waals surface area contributed by atoms with Crippen molar-refractivity contribution < 1.29 is 4.74 Å². The van der Waals surface area contributed by atoms with Crippen LogP contribution in [0.15, 0.2) is 0 Å². The summed E-state index contributed by atoms with van der Waals surface area (Å²) in [6, 6.07) is 1.28. The third kappa shape index (κ3) is 3.43. The zero-order chi connectivity index (χ0) is 12.3. The summed E-state index contributed by atoms with van der Waals surface area (Å²) in [5.41, 5.74) is 0.287. The Kier molecular flexibility index (Phi) is 4.45. The van der Waals surface area contributed by atoms with Crippen molar-refractivity contribution in [2.75, 3.05) is 26.3 Å². The first-order valence-electron chi connectivity index (χ1n) is 7.19. The SMILES string of the molecule is CC1CCN(C2(C)CCCOC2)CCC(C)N1. The van der Waals surface area contributed by atoms with Crippen molar-refractivity contribution in [3.63, 3.8) is 0 Å². The largest absolute Gasteiger partial charge is 0.380 e. The molecule has 0 saturated carbocycles. The predicted octanol–water partition coefficient (Wildman–Crippen LogP) is 2.02. The van der Waals surface area contributed by atoms with E-state index >= 15 is 0 Å². The monoisotopic (exact) mass is 240 g/mol. The van der Waals surface area contributed by atoms with E-state index in [0.717, 1.165) is 13.2 Å². The van der Waals surface area contributed by atoms with E-state index in [1.54, 1.807) is 0 Å². The van der Waals surface area contributed by atoms with Gasteiger partial charge in [0, 0.05) is 37.3 Å². The minimum absolute atomic E-state index is 0.287. The van der Waals surface area contributed by atoms with Crippen LogP contribution in [0.5, 0.6) is 0 Å². The number of hydrogen-bond acceptors (Lipinski definition) is 3. The molecule has 3 atom stereocenters. The summed E-state index contributed by atoms with van der Waals surface area (Å²) in [6.07, 6.45) is 5.01. The van der Waals surface area contributed by atoms with E-state index in [9.17, 15) is 0 Å². The molecule has 100 valence electrons. The van der Waals surface area contributed by atoms with Crippen LogP contribution >= 0.6 is 0 Å². The Hall–Kier alpha value is -0.120. The summed E-state index contributed by atoms with van der Waals surface area (Å²) < 4.78 is 5.71. The lowest BCUT2D eigenvalue weighted by atomic mass is 9.91. The van der Waals surface area contributed by atoms with E-state index in [2.05, 4.69) is 31.0 Å².